The van der Waals surface area contributed by atoms with Crippen LogP contribution in [0.1, 0.15) is 11.1 Å². The van der Waals surface area contributed by atoms with Gasteiger partial charge >= 0.3 is 0 Å². The van der Waals surface area contributed by atoms with Gasteiger partial charge in [-0.1, -0.05) is 0 Å². The topological polar surface area (TPSA) is 48.7 Å². The molecule has 2 aromatic rings. The Hall–Kier alpha value is -1.93. The van der Waals surface area contributed by atoms with Gasteiger partial charge in [-0.25, -0.2) is 9.37 Å². The summed E-state index contributed by atoms with van der Waals surface area (Å²) in [7, 11) is 0. The molecule has 1 aromatic heterocycles. The van der Waals surface area contributed by atoms with Crippen LogP contribution in [0.5, 0.6) is 0 Å². The average Bonchev–Trinajstić information content (AvgIpc) is 2.34. The Labute approximate surface area is 112 Å². The molecule has 18 heavy (non-hydrogen) atoms. The first-order valence-corrected chi connectivity index (χ1v) is 5.99. The van der Waals surface area contributed by atoms with Crippen molar-refractivity contribution in [3.05, 3.63) is 51.9 Å². The minimum atomic E-state index is -0.335. The summed E-state index contributed by atoms with van der Waals surface area (Å²) in [5, 5.41) is 12.1. The molecular formula is C13H9BrFN3. The molecule has 0 radical (unpaired) electrons. The molecule has 1 aromatic carbocycles. The zero-order valence-corrected chi connectivity index (χ0v) is 11.1. The Morgan fingerprint density at radius 1 is 1.39 bits per heavy atom. The van der Waals surface area contributed by atoms with Gasteiger partial charge in [0.1, 0.15) is 17.7 Å². The van der Waals surface area contributed by atoms with Gasteiger partial charge in [0.25, 0.3) is 0 Å². The summed E-state index contributed by atoms with van der Waals surface area (Å²) >= 11 is 3.11. The van der Waals surface area contributed by atoms with Crippen molar-refractivity contribution in [2.75, 3.05) is 5.32 Å². The van der Waals surface area contributed by atoms with E-state index in [-0.39, 0.29) is 5.82 Å². The van der Waals surface area contributed by atoms with E-state index >= 15 is 0 Å². The van der Waals surface area contributed by atoms with Crippen LogP contribution in [0.15, 0.2) is 34.9 Å². The number of nitriles is 1. The lowest BCUT2D eigenvalue weighted by atomic mass is 10.1. The zero-order valence-electron chi connectivity index (χ0n) is 9.54. The molecule has 0 saturated carbocycles. The van der Waals surface area contributed by atoms with Crippen LogP contribution in [0.2, 0.25) is 0 Å². The molecule has 0 bridgehead atoms. The molecular weight excluding hydrogens is 297 g/mol. The van der Waals surface area contributed by atoms with Crippen molar-refractivity contribution in [3.8, 4) is 6.07 Å². The van der Waals surface area contributed by atoms with Crippen LogP contribution in [-0.4, -0.2) is 4.98 Å². The number of hydrogen-bond donors (Lipinski definition) is 1. The van der Waals surface area contributed by atoms with Gasteiger partial charge in [-0.2, -0.15) is 5.26 Å². The molecule has 0 atom stereocenters. The van der Waals surface area contributed by atoms with E-state index in [2.05, 4.69) is 32.3 Å². The fourth-order valence-corrected chi connectivity index (χ4v) is 1.88. The average molecular weight is 306 g/mol. The van der Waals surface area contributed by atoms with Crippen molar-refractivity contribution in [2.45, 2.75) is 6.92 Å². The minimum absolute atomic E-state index is 0.335. The lowest BCUT2D eigenvalue weighted by molar-refractivity contribution is 0.621. The number of rotatable bonds is 2. The van der Waals surface area contributed by atoms with Crippen molar-refractivity contribution >= 4 is 27.4 Å². The first-order chi connectivity index (χ1) is 8.61. The molecule has 0 fully saturated rings. The predicted octanol–water partition coefficient (Wildman–Crippen LogP) is 3.91. The first kappa shape index (κ1) is 12.5. The second-order valence-corrected chi connectivity index (χ2v) is 4.57. The van der Waals surface area contributed by atoms with Crippen molar-refractivity contribution in [1.82, 2.24) is 4.98 Å². The number of benzene rings is 1. The van der Waals surface area contributed by atoms with Gasteiger partial charge in [0, 0.05) is 11.9 Å². The second kappa shape index (κ2) is 5.15. The van der Waals surface area contributed by atoms with Crippen molar-refractivity contribution in [3.63, 3.8) is 0 Å². The van der Waals surface area contributed by atoms with Gasteiger partial charge in [0.2, 0.25) is 0 Å². The fraction of sp³-hybridized carbons (Fsp3) is 0.0769. The van der Waals surface area contributed by atoms with Crippen LogP contribution < -0.4 is 5.32 Å². The number of hydrogen-bond acceptors (Lipinski definition) is 3. The molecule has 2 rings (SSSR count). The minimum Gasteiger partial charge on any atom is -0.339 e. The Morgan fingerprint density at radius 3 is 2.83 bits per heavy atom. The number of pyridine rings is 1. The Balaban J connectivity index is 2.37. The Bertz CT molecular complexity index is 635. The number of nitrogens with zero attached hydrogens (tertiary/aromatic N) is 2. The van der Waals surface area contributed by atoms with Gasteiger partial charge in [-0.05, 0) is 52.7 Å². The maximum Gasteiger partial charge on any atom is 0.148 e. The fourth-order valence-electron chi connectivity index (χ4n) is 1.50. The third-order valence-electron chi connectivity index (χ3n) is 2.45. The molecule has 0 saturated heterocycles. The quantitative estimate of drug-likeness (QED) is 0.915. The van der Waals surface area contributed by atoms with Crippen molar-refractivity contribution in [2.24, 2.45) is 0 Å². The molecule has 5 heteroatoms. The van der Waals surface area contributed by atoms with E-state index in [4.69, 9.17) is 5.26 Å². The lowest BCUT2D eigenvalue weighted by Gasteiger charge is -2.09. The SMILES string of the molecule is Cc1ccnc(Nc2ccc(F)c(Br)c2)c1C#N. The highest BCUT2D eigenvalue weighted by atomic mass is 79.9. The lowest BCUT2D eigenvalue weighted by Crippen LogP contribution is -1.98. The summed E-state index contributed by atoms with van der Waals surface area (Å²) < 4.78 is 13.5. The predicted molar refractivity (Wildman–Crippen MR) is 71.1 cm³/mol. The molecule has 0 amide bonds. The van der Waals surface area contributed by atoms with E-state index in [0.29, 0.717) is 21.5 Å². The van der Waals surface area contributed by atoms with Gasteiger partial charge < -0.3 is 5.32 Å². The molecule has 0 spiro atoms. The van der Waals surface area contributed by atoms with Crippen LogP contribution in [-0.2, 0) is 0 Å². The molecule has 0 unspecified atom stereocenters. The smallest absolute Gasteiger partial charge is 0.148 e. The van der Waals surface area contributed by atoms with E-state index in [1.54, 1.807) is 24.4 Å². The summed E-state index contributed by atoms with van der Waals surface area (Å²) in [6.07, 6.45) is 1.62. The van der Waals surface area contributed by atoms with Crippen molar-refractivity contribution in [1.29, 1.82) is 5.26 Å². The summed E-state index contributed by atoms with van der Waals surface area (Å²) in [6.45, 7) is 1.84. The Morgan fingerprint density at radius 2 is 2.17 bits per heavy atom. The van der Waals surface area contributed by atoms with Crippen LogP contribution in [0.4, 0.5) is 15.9 Å². The molecule has 1 N–H and O–H groups in total. The normalized spacial score (nSPS) is 9.89. The number of halogens is 2. The molecule has 0 aliphatic heterocycles. The number of aromatic nitrogens is 1. The van der Waals surface area contributed by atoms with E-state index in [0.717, 1.165) is 5.56 Å². The monoisotopic (exact) mass is 305 g/mol. The highest BCUT2D eigenvalue weighted by Crippen LogP contribution is 2.24. The van der Waals surface area contributed by atoms with Crippen LogP contribution in [0.25, 0.3) is 0 Å². The van der Waals surface area contributed by atoms with Gasteiger partial charge in [-0.3, -0.25) is 0 Å². The maximum atomic E-state index is 13.1. The van der Waals surface area contributed by atoms with E-state index in [1.165, 1.54) is 6.07 Å². The third-order valence-corrected chi connectivity index (χ3v) is 3.06. The van der Waals surface area contributed by atoms with E-state index in [9.17, 15) is 4.39 Å². The summed E-state index contributed by atoms with van der Waals surface area (Å²) in [5.74, 6) is 0.134. The first-order valence-electron chi connectivity index (χ1n) is 5.19. The zero-order chi connectivity index (χ0) is 13.1. The number of anilines is 2. The van der Waals surface area contributed by atoms with E-state index in [1.807, 2.05) is 6.92 Å². The van der Waals surface area contributed by atoms with Crippen LogP contribution >= 0.6 is 15.9 Å². The second-order valence-electron chi connectivity index (χ2n) is 3.72. The maximum absolute atomic E-state index is 13.1. The van der Waals surface area contributed by atoms with Crippen molar-refractivity contribution < 1.29 is 4.39 Å². The molecule has 0 aliphatic carbocycles. The standard InChI is InChI=1S/C13H9BrFN3/c1-8-4-5-17-13(10(8)7-16)18-9-2-3-12(15)11(14)6-9/h2-6H,1H3,(H,17,18). The summed E-state index contributed by atoms with van der Waals surface area (Å²) in [6, 6.07) is 8.40. The van der Waals surface area contributed by atoms with Gasteiger partial charge in [0.15, 0.2) is 0 Å². The third kappa shape index (κ3) is 2.49. The highest BCUT2D eigenvalue weighted by molar-refractivity contribution is 9.10. The summed E-state index contributed by atoms with van der Waals surface area (Å²) in [4.78, 5) is 4.12. The van der Waals surface area contributed by atoms with Gasteiger partial charge in [0.05, 0.1) is 10.0 Å². The van der Waals surface area contributed by atoms with Crippen LogP contribution in [0.3, 0.4) is 0 Å². The molecule has 3 nitrogen and oxygen atoms in total. The van der Waals surface area contributed by atoms with Crippen LogP contribution in [0, 0.1) is 24.1 Å². The van der Waals surface area contributed by atoms with E-state index < -0.39 is 0 Å². The Kier molecular flexibility index (Phi) is 3.58. The largest absolute Gasteiger partial charge is 0.339 e. The summed E-state index contributed by atoms with van der Waals surface area (Å²) in [5.41, 5.74) is 1.99. The number of nitrogens with one attached hydrogen (secondary N) is 1. The molecule has 1 heterocycles. The molecule has 90 valence electrons. The van der Waals surface area contributed by atoms with Gasteiger partial charge in [-0.15, -0.1) is 0 Å². The molecule has 0 aliphatic rings. The number of aryl methyl sites for hydroxylation is 1. The highest BCUT2D eigenvalue weighted by Gasteiger charge is 2.07.